The Bertz CT molecular complexity index is 451. The van der Waals surface area contributed by atoms with Gasteiger partial charge in [-0.1, -0.05) is 0 Å². The minimum absolute atomic E-state index is 0.206. The highest BCUT2D eigenvalue weighted by Crippen LogP contribution is 2.13. The zero-order chi connectivity index (χ0) is 9.97. The number of carbonyl (C=O) groups is 1. The van der Waals surface area contributed by atoms with Crippen LogP contribution in [0.2, 0.25) is 0 Å². The van der Waals surface area contributed by atoms with Crippen molar-refractivity contribution in [3.05, 3.63) is 36.2 Å². The number of carboxylic acid groups (broad SMARTS) is 1. The van der Waals surface area contributed by atoms with Crippen LogP contribution in [0.5, 0.6) is 0 Å². The van der Waals surface area contributed by atoms with Gasteiger partial charge in [0.2, 0.25) is 0 Å². The Hall–Kier alpha value is -2.17. The van der Waals surface area contributed by atoms with E-state index in [0.717, 1.165) is 0 Å². The first kappa shape index (κ1) is 8.43. The highest BCUT2D eigenvalue weighted by molar-refractivity contribution is 5.88. The molecule has 2 rings (SSSR count). The molecule has 0 atom stereocenters. The lowest BCUT2D eigenvalue weighted by molar-refractivity contribution is 0.0697. The van der Waals surface area contributed by atoms with E-state index < -0.39 is 5.97 Å². The van der Waals surface area contributed by atoms with E-state index in [1.807, 2.05) is 0 Å². The van der Waals surface area contributed by atoms with Gasteiger partial charge in [0.15, 0.2) is 0 Å². The number of aromatic amines is 1. The van der Waals surface area contributed by atoms with Crippen LogP contribution in [0.3, 0.4) is 0 Å². The summed E-state index contributed by atoms with van der Waals surface area (Å²) in [6.07, 6.45) is 3.11. The van der Waals surface area contributed by atoms with Crippen molar-refractivity contribution >= 4 is 5.97 Å². The van der Waals surface area contributed by atoms with E-state index in [2.05, 4.69) is 15.2 Å². The Kier molecular flexibility index (Phi) is 1.98. The number of nitrogens with one attached hydrogen (secondary N) is 1. The Labute approximate surface area is 79.4 Å². The first-order valence-corrected chi connectivity index (χ1v) is 3.97. The average Bonchev–Trinajstić information content (AvgIpc) is 2.71. The van der Waals surface area contributed by atoms with Gasteiger partial charge in [-0.2, -0.15) is 5.10 Å². The molecule has 0 saturated heterocycles. The molecule has 0 bridgehead atoms. The van der Waals surface area contributed by atoms with Gasteiger partial charge in [-0.3, -0.25) is 10.1 Å². The molecule has 0 radical (unpaired) electrons. The molecule has 0 aromatic carbocycles. The molecular weight excluding hydrogens is 182 g/mol. The fourth-order valence-corrected chi connectivity index (χ4v) is 1.11. The molecule has 0 aliphatic carbocycles. The number of aromatic carboxylic acids is 1. The van der Waals surface area contributed by atoms with Crippen molar-refractivity contribution in [3.63, 3.8) is 0 Å². The lowest BCUT2D eigenvalue weighted by atomic mass is 10.2. The topological polar surface area (TPSA) is 78.9 Å². The van der Waals surface area contributed by atoms with E-state index in [1.165, 1.54) is 18.3 Å². The Morgan fingerprint density at radius 1 is 1.36 bits per heavy atom. The van der Waals surface area contributed by atoms with Crippen LogP contribution in [0.25, 0.3) is 11.4 Å². The lowest BCUT2D eigenvalue weighted by Gasteiger charge is -1.96. The number of carboxylic acids is 1. The lowest BCUT2D eigenvalue weighted by Crippen LogP contribution is -1.97. The van der Waals surface area contributed by atoms with E-state index in [9.17, 15) is 4.79 Å². The first-order valence-electron chi connectivity index (χ1n) is 3.97. The second-order valence-electron chi connectivity index (χ2n) is 2.69. The number of hydrogen-bond acceptors (Lipinski definition) is 3. The van der Waals surface area contributed by atoms with E-state index >= 15 is 0 Å². The third-order valence-electron chi connectivity index (χ3n) is 1.77. The van der Waals surface area contributed by atoms with Gasteiger partial charge >= 0.3 is 5.97 Å². The third-order valence-corrected chi connectivity index (χ3v) is 1.77. The molecular formula is C9H7N3O2. The molecule has 70 valence electrons. The van der Waals surface area contributed by atoms with E-state index in [4.69, 9.17) is 5.11 Å². The maximum absolute atomic E-state index is 10.7. The van der Waals surface area contributed by atoms with Crippen molar-refractivity contribution < 1.29 is 9.90 Å². The predicted octanol–water partition coefficient (Wildman–Crippen LogP) is 1.17. The van der Waals surface area contributed by atoms with Gasteiger partial charge < -0.3 is 5.11 Å². The van der Waals surface area contributed by atoms with Crippen LogP contribution < -0.4 is 0 Å². The van der Waals surface area contributed by atoms with Crippen LogP contribution >= 0.6 is 0 Å². The van der Waals surface area contributed by atoms with Crippen LogP contribution in [0.1, 0.15) is 10.4 Å². The summed E-state index contributed by atoms with van der Waals surface area (Å²) >= 11 is 0. The second-order valence-corrected chi connectivity index (χ2v) is 2.69. The van der Waals surface area contributed by atoms with Crippen LogP contribution in [0.4, 0.5) is 0 Å². The molecule has 0 spiro atoms. The highest BCUT2D eigenvalue weighted by atomic mass is 16.4. The van der Waals surface area contributed by atoms with Gasteiger partial charge in [0, 0.05) is 12.4 Å². The molecule has 2 aromatic heterocycles. The van der Waals surface area contributed by atoms with Gasteiger partial charge in [0.1, 0.15) is 5.69 Å². The number of hydrogen-bond donors (Lipinski definition) is 2. The van der Waals surface area contributed by atoms with Gasteiger partial charge in [0.05, 0.1) is 11.3 Å². The monoisotopic (exact) mass is 189 g/mol. The number of nitrogens with zero attached hydrogens (tertiary/aromatic N) is 2. The molecule has 5 heteroatoms. The van der Waals surface area contributed by atoms with E-state index in [-0.39, 0.29) is 5.56 Å². The maximum Gasteiger partial charge on any atom is 0.335 e. The fourth-order valence-electron chi connectivity index (χ4n) is 1.11. The van der Waals surface area contributed by atoms with Gasteiger partial charge in [0.25, 0.3) is 0 Å². The standard InChI is InChI=1S/C9H7N3O2/c13-9(14)6-1-3-10-8(5-6)7-2-4-11-12-7/h1-5H,(H,11,12)(H,13,14). The van der Waals surface area contributed by atoms with Crippen LogP contribution in [0, 0.1) is 0 Å². The van der Waals surface area contributed by atoms with Gasteiger partial charge in [-0.15, -0.1) is 0 Å². The van der Waals surface area contributed by atoms with Crippen LogP contribution in [0.15, 0.2) is 30.6 Å². The zero-order valence-electron chi connectivity index (χ0n) is 7.14. The molecule has 0 aliphatic rings. The number of H-pyrrole nitrogens is 1. The average molecular weight is 189 g/mol. The molecule has 5 nitrogen and oxygen atoms in total. The summed E-state index contributed by atoms with van der Waals surface area (Å²) < 4.78 is 0. The van der Waals surface area contributed by atoms with Gasteiger partial charge in [-0.25, -0.2) is 4.79 Å². The molecule has 0 aliphatic heterocycles. The second kappa shape index (κ2) is 3.29. The highest BCUT2D eigenvalue weighted by Gasteiger charge is 2.06. The van der Waals surface area contributed by atoms with Crippen molar-refractivity contribution in [2.24, 2.45) is 0 Å². The summed E-state index contributed by atoms with van der Waals surface area (Å²) in [4.78, 5) is 14.7. The molecule has 0 unspecified atom stereocenters. The summed E-state index contributed by atoms with van der Waals surface area (Å²) in [5, 5.41) is 15.3. The van der Waals surface area contributed by atoms with Crippen LogP contribution in [-0.4, -0.2) is 26.3 Å². The molecule has 2 heterocycles. The molecule has 2 N–H and O–H groups in total. The molecule has 14 heavy (non-hydrogen) atoms. The van der Waals surface area contributed by atoms with Crippen molar-refractivity contribution in [1.82, 2.24) is 15.2 Å². The van der Waals surface area contributed by atoms with E-state index in [0.29, 0.717) is 11.4 Å². The number of rotatable bonds is 2. The molecule has 0 fully saturated rings. The van der Waals surface area contributed by atoms with Crippen molar-refractivity contribution in [2.75, 3.05) is 0 Å². The quantitative estimate of drug-likeness (QED) is 0.743. The van der Waals surface area contributed by atoms with Crippen molar-refractivity contribution in [1.29, 1.82) is 0 Å². The molecule has 2 aromatic rings. The minimum atomic E-state index is -0.968. The van der Waals surface area contributed by atoms with Crippen molar-refractivity contribution in [2.45, 2.75) is 0 Å². The minimum Gasteiger partial charge on any atom is -0.478 e. The summed E-state index contributed by atoms with van der Waals surface area (Å²) in [5.41, 5.74) is 1.39. The summed E-state index contributed by atoms with van der Waals surface area (Å²) in [5.74, 6) is -0.968. The van der Waals surface area contributed by atoms with E-state index in [1.54, 1.807) is 12.3 Å². The Morgan fingerprint density at radius 3 is 2.86 bits per heavy atom. The predicted molar refractivity (Wildman–Crippen MR) is 48.8 cm³/mol. The maximum atomic E-state index is 10.7. The van der Waals surface area contributed by atoms with Crippen molar-refractivity contribution in [3.8, 4) is 11.4 Å². The zero-order valence-corrected chi connectivity index (χ0v) is 7.14. The molecule has 0 amide bonds. The smallest absolute Gasteiger partial charge is 0.335 e. The Morgan fingerprint density at radius 2 is 2.21 bits per heavy atom. The fraction of sp³-hybridized carbons (Fsp3) is 0. The summed E-state index contributed by atoms with van der Waals surface area (Å²) in [6.45, 7) is 0. The Balaban J connectivity index is 2.46. The number of pyridine rings is 1. The largest absolute Gasteiger partial charge is 0.478 e. The number of aromatic nitrogens is 3. The summed E-state index contributed by atoms with van der Waals surface area (Å²) in [6, 6.07) is 4.66. The molecule has 0 saturated carbocycles. The normalized spacial score (nSPS) is 10.0. The third kappa shape index (κ3) is 1.47. The van der Waals surface area contributed by atoms with Gasteiger partial charge in [-0.05, 0) is 18.2 Å². The SMILES string of the molecule is O=C(O)c1ccnc(-c2cc[nH]n2)c1. The van der Waals surface area contributed by atoms with Crippen LogP contribution in [-0.2, 0) is 0 Å². The summed E-state index contributed by atoms with van der Waals surface area (Å²) in [7, 11) is 0. The first-order chi connectivity index (χ1) is 6.77.